The molecule has 4 N–H and O–H groups in total. The lowest BCUT2D eigenvalue weighted by Gasteiger charge is -2.16. The molecule has 0 heterocycles. The lowest BCUT2D eigenvalue weighted by molar-refractivity contribution is 0.100. The minimum Gasteiger partial charge on any atom is -0.493 e. The topological polar surface area (TPSA) is 93.8 Å². The summed E-state index contributed by atoms with van der Waals surface area (Å²) in [7, 11) is 2.95. The van der Waals surface area contributed by atoms with E-state index in [1.54, 1.807) is 6.07 Å². The van der Waals surface area contributed by atoms with E-state index in [9.17, 15) is 9.90 Å². The molecule has 0 saturated heterocycles. The molecule has 106 valence electrons. The molecular formula is C12H17ClN2O4. The van der Waals surface area contributed by atoms with Crippen molar-refractivity contribution < 1.29 is 19.4 Å². The molecule has 6 nitrogen and oxygen atoms in total. The number of halogens is 1. The number of hydrogen-bond donors (Lipinski definition) is 3. The number of methoxy groups -OCH3 is 2. The molecule has 0 radical (unpaired) electrons. The largest absolute Gasteiger partial charge is 0.493 e. The number of ether oxygens (including phenoxy) is 2. The Kier molecular flexibility index (Phi) is 5.72. The second-order valence-electron chi connectivity index (χ2n) is 3.81. The Hall–Kier alpha value is -1.66. The van der Waals surface area contributed by atoms with Crippen LogP contribution in [0.15, 0.2) is 12.1 Å². The number of anilines is 1. The minimum absolute atomic E-state index is 0.0895. The Morgan fingerprint density at radius 2 is 2.00 bits per heavy atom. The first-order chi connectivity index (χ1) is 9.03. The molecule has 1 aromatic rings. The van der Waals surface area contributed by atoms with Gasteiger partial charge in [0.05, 0.1) is 37.5 Å². The van der Waals surface area contributed by atoms with Gasteiger partial charge >= 0.3 is 0 Å². The standard InChI is InChI=1S/C12H17ClN2O4/c1-18-10-3-8(12(14)17)9(4-11(10)19-2)15-6-7(16)5-13/h3-4,7,15-16H,5-6H2,1-2H3,(H2,14,17). The summed E-state index contributed by atoms with van der Waals surface area (Å²) < 4.78 is 10.2. The number of nitrogens with two attached hydrogens (primary N) is 1. The third-order valence-electron chi connectivity index (χ3n) is 2.50. The number of amides is 1. The summed E-state index contributed by atoms with van der Waals surface area (Å²) in [5.41, 5.74) is 6.01. The van der Waals surface area contributed by atoms with Gasteiger partial charge in [0, 0.05) is 12.6 Å². The molecule has 19 heavy (non-hydrogen) atoms. The molecule has 1 amide bonds. The van der Waals surface area contributed by atoms with Gasteiger partial charge in [0.2, 0.25) is 0 Å². The number of benzene rings is 1. The van der Waals surface area contributed by atoms with E-state index >= 15 is 0 Å². The molecule has 7 heteroatoms. The summed E-state index contributed by atoms with van der Waals surface area (Å²) in [6.07, 6.45) is -0.726. The number of nitrogens with one attached hydrogen (secondary N) is 1. The van der Waals surface area contributed by atoms with Gasteiger partial charge in [-0.25, -0.2) is 0 Å². The zero-order chi connectivity index (χ0) is 14.4. The number of carbonyl (C=O) groups excluding carboxylic acids is 1. The Morgan fingerprint density at radius 1 is 1.42 bits per heavy atom. The van der Waals surface area contributed by atoms with Crippen LogP contribution in [0, 0.1) is 0 Å². The highest BCUT2D eigenvalue weighted by molar-refractivity contribution is 6.18. The lowest BCUT2D eigenvalue weighted by Crippen LogP contribution is -2.23. The highest BCUT2D eigenvalue weighted by Gasteiger charge is 2.15. The summed E-state index contributed by atoms with van der Waals surface area (Å²) in [5, 5.41) is 12.3. The van der Waals surface area contributed by atoms with Gasteiger partial charge in [-0.3, -0.25) is 4.79 Å². The van der Waals surface area contributed by atoms with Crippen LogP contribution < -0.4 is 20.5 Å². The molecule has 0 aromatic heterocycles. The van der Waals surface area contributed by atoms with Crippen molar-refractivity contribution in [2.45, 2.75) is 6.10 Å². The van der Waals surface area contributed by atoms with E-state index < -0.39 is 12.0 Å². The summed E-state index contributed by atoms with van der Waals surface area (Å²) in [6.45, 7) is 0.194. The summed E-state index contributed by atoms with van der Waals surface area (Å²) in [4.78, 5) is 11.4. The van der Waals surface area contributed by atoms with Crippen LogP contribution in [0.5, 0.6) is 11.5 Å². The van der Waals surface area contributed by atoms with Gasteiger partial charge in [0.15, 0.2) is 11.5 Å². The number of alkyl halides is 1. The van der Waals surface area contributed by atoms with Crippen LogP contribution in [0.4, 0.5) is 5.69 Å². The zero-order valence-electron chi connectivity index (χ0n) is 10.8. The van der Waals surface area contributed by atoms with Gasteiger partial charge in [-0.05, 0) is 6.07 Å². The maximum atomic E-state index is 11.4. The Labute approximate surface area is 116 Å². The van der Waals surface area contributed by atoms with Crippen LogP contribution in [0.2, 0.25) is 0 Å². The van der Waals surface area contributed by atoms with Crippen molar-refractivity contribution in [2.75, 3.05) is 32.0 Å². The molecule has 0 aliphatic carbocycles. The first kappa shape index (κ1) is 15.4. The first-order valence-corrected chi connectivity index (χ1v) is 6.10. The van der Waals surface area contributed by atoms with Gasteiger partial charge in [-0.15, -0.1) is 11.6 Å². The van der Waals surface area contributed by atoms with Gasteiger partial charge in [0.1, 0.15) is 0 Å². The molecule has 0 bridgehead atoms. The molecule has 1 unspecified atom stereocenters. The van der Waals surface area contributed by atoms with Crippen LogP contribution in [0.25, 0.3) is 0 Å². The monoisotopic (exact) mass is 288 g/mol. The maximum absolute atomic E-state index is 11.4. The van der Waals surface area contributed by atoms with E-state index in [0.29, 0.717) is 17.2 Å². The molecule has 0 fully saturated rings. The number of carbonyl (C=O) groups is 1. The second kappa shape index (κ2) is 7.06. The normalized spacial score (nSPS) is 11.8. The minimum atomic E-state index is -0.726. The number of aliphatic hydroxyl groups is 1. The highest BCUT2D eigenvalue weighted by Crippen LogP contribution is 2.33. The van der Waals surface area contributed by atoms with Crippen molar-refractivity contribution in [1.29, 1.82) is 0 Å². The molecule has 0 aliphatic rings. The molecule has 0 saturated carbocycles. The average Bonchev–Trinajstić information content (AvgIpc) is 2.43. The number of primary amides is 1. The Balaban J connectivity index is 3.09. The molecule has 1 atom stereocenters. The van der Waals surface area contributed by atoms with Crippen molar-refractivity contribution in [3.05, 3.63) is 17.7 Å². The van der Waals surface area contributed by atoms with E-state index in [2.05, 4.69) is 5.32 Å². The highest BCUT2D eigenvalue weighted by atomic mass is 35.5. The van der Waals surface area contributed by atoms with Crippen molar-refractivity contribution >= 4 is 23.2 Å². The van der Waals surface area contributed by atoms with Gasteiger partial charge < -0.3 is 25.6 Å². The fraction of sp³-hybridized carbons (Fsp3) is 0.417. The van der Waals surface area contributed by atoms with Crippen LogP contribution >= 0.6 is 11.6 Å². The van der Waals surface area contributed by atoms with Crippen molar-refractivity contribution in [2.24, 2.45) is 5.73 Å². The summed E-state index contributed by atoms with van der Waals surface area (Å²) in [5.74, 6) is 0.338. The average molecular weight is 289 g/mol. The van der Waals surface area contributed by atoms with Crippen molar-refractivity contribution in [1.82, 2.24) is 0 Å². The maximum Gasteiger partial charge on any atom is 0.250 e. The zero-order valence-corrected chi connectivity index (χ0v) is 11.5. The fourth-order valence-corrected chi connectivity index (χ4v) is 1.62. The van der Waals surface area contributed by atoms with E-state index in [-0.39, 0.29) is 18.0 Å². The Bertz CT molecular complexity index is 454. The fourth-order valence-electron chi connectivity index (χ4n) is 1.51. The molecule has 0 spiro atoms. The predicted octanol–water partition coefficient (Wildman–Crippen LogP) is 0.814. The van der Waals surface area contributed by atoms with Crippen molar-refractivity contribution in [3.8, 4) is 11.5 Å². The molecule has 1 aromatic carbocycles. The summed E-state index contributed by atoms with van der Waals surface area (Å²) >= 11 is 5.50. The first-order valence-electron chi connectivity index (χ1n) is 5.57. The molecule has 1 rings (SSSR count). The molecule has 0 aliphatic heterocycles. The number of aliphatic hydroxyl groups excluding tert-OH is 1. The van der Waals surface area contributed by atoms with Crippen LogP contribution in [-0.2, 0) is 0 Å². The van der Waals surface area contributed by atoms with E-state index in [0.717, 1.165) is 0 Å². The van der Waals surface area contributed by atoms with Crippen molar-refractivity contribution in [3.63, 3.8) is 0 Å². The van der Waals surface area contributed by atoms with Gasteiger partial charge in [-0.1, -0.05) is 0 Å². The Morgan fingerprint density at radius 3 is 2.47 bits per heavy atom. The number of hydrogen-bond acceptors (Lipinski definition) is 5. The summed E-state index contributed by atoms with van der Waals surface area (Å²) in [6, 6.07) is 3.07. The third kappa shape index (κ3) is 3.90. The van der Waals surface area contributed by atoms with E-state index in [1.165, 1.54) is 20.3 Å². The quantitative estimate of drug-likeness (QED) is 0.646. The van der Waals surface area contributed by atoms with Crippen LogP contribution in [0.1, 0.15) is 10.4 Å². The number of rotatable bonds is 7. The lowest BCUT2D eigenvalue weighted by atomic mass is 10.1. The second-order valence-corrected chi connectivity index (χ2v) is 4.11. The smallest absolute Gasteiger partial charge is 0.250 e. The van der Waals surface area contributed by atoms with E-state index in [1.807, 2.05) is 0 Å². The van der Waals surface area contributed by atoms with Gasteiger partial charge in [-0.2, -0.15) is 0 Å². The third-order valence-corrected chi connectivity index (χ3v) is 2.85. The molecular weight excluding hydrogens is 272 g/mol. The SMILES string of the molecule is COc1cc(NCC(O)CCl)c(C(N)=O)cc1OC. The van der Waals surface area contributed by atoms with Crippen LogP contribution in [0.3, 0.4) is 0 Å². The van der Waals surface area contributed by atoms with Gasteiger partial charge in [0.25, 0.3) is 5.91 Å². The van der Waals surface area contributed by atoms with E-state index in [4.69, 9.17) is 26.8 Å². The van der Waals surface area contributed by atoms with Crippen LogP contribution in [-0.4, -0.2) is 43.8 Å². The predicted molar refractivity (Wildman–Crippen MR) is 73.3 cm³/mol.